The number of nitrogens with one attached hydrogen (secondary N) is 1. The number of pyridine rings is 3. The van der Waals surface area contributed by atoms with Gasteiger partial charge in [0.25, 0.3) is 0 Å². The Labute approximate surface area is 234 Å². The normalized spacial score (nSPS) is 13.7. The van der Waals surface area contributed by atoms with Crippen LogP contribution in [0.25, 0.3) is 16.2 Å². The maximum Gasteiger partial charge on any atom is 0.418 e. The first-order chi connectivity index (χ1) is 19.6. The molecule has 1 saturated heterocycles. The highest BCUT2D eigenvalue weighted by molar-refractivity contribution is 7.08. The zero-order valence-electron chi connectivity index (χ0n) is 21.5. The molecule has 1 aliphatic rings. The number of hydrogen-bond donors (Lipinski definition) is 2. The molecule has 0 radical (unpaired) electrons. The van der Waals surface area contributed by atoms with Crippen molar-refractivity contribution in [1.29, 1.82) is 0 Å². The fraction of sp³-hybridized carbons (Fsp3) is 0.320. The Morgan fingerprint density at radius 3 is 2.73 bits per heavy atom. The molecule has 4 aromatic rings. The molecule has 5 rings (SSSR count). The molecule has 12 nitrogen and oxygen atoms in total. The predicted molar refractivity (Wildman–Crippen MR) is 142 cm³/mol. The van der Waals surface area contributed by atoms with Gasteiger partial charge in [-0.25, -0.2) is 14.8 Å². The summed E-state index contributed by atoms with van der Waals surface area (Å²) in [5, 5.41) is 3.09. The molecule has 3 N–H and O–H groups in total. The number of carbonyl (C=O) groups is 2. The van der Waals surface area contributed by atoms with Crippen molar-refractivity contribution in [2.24, 2.45) is 11.7 Å². The first-order valence-electron chi connectivity index (χ1n) is 12.3. The summed E-state index contributed by atoms with van der Waals surface area (Å²) in [4.78, 5) is 53.0. The van der Waals surface area contributed by atoms with Crippen molar-refractivity contribution in [1.82, 2.24) is 29.2 Å². The number of alkyl halides is 3. The van der Waals surface area contributed by atoms with Gasteiger partial charge in [0, 0.05) is 43.6 Å². The topological polar surface area (TPSA) is 158 Å². The molecule has 0 aromatic carbocycles. The minimum absolute atomic E-state index is 0.0552. The van der Waals surface area contributed by atoms with Gasteiger partial charge < -0.3 is 20.7 Å². The van der Waals surface area contributed by atoms with Crippen LogP contribution in [-0.4, -0.2) is 62.0 Å². The molecule has 16 heteroatoms. The van der Waals surface area contributed by atoms with Crippen molar-refractivity contribution in [2.45, 2.75) is 19.6 Å². The van der Waals surface area contributed by atoms with E-state index in [1.165, 1.54) is 29.4 Å². The number of ether oxygens (including phenoxy) is 1. The maximum atomic E-state index is 13.3. The highest BCUT2D eigenvalue weighted by Crippen LogP contribution is 2.31. The lowest BCUT2D eigenvalue weighted by Gasteiger charge is -2.39. The van der Waals surface area contributed by atoms with E-state index in [0.29, 0.717) is 16.5 Å². The average molecular weight is 589 g/mol. The van der Waals surface area contributed by atoms with Crippen molar-refractivity contribution in [3.05, 3.63) is 69.5 Å². The van der Waals surface area contributed by atoms with Crippen LogP contribution in [-0.2, 0) is 22.3 Å². The van der Waals surface area contributed by atoms with Gasteiger partial charge >= 0.3 is 12.1 Å². The van der Waals surface area contributed by atoms with Crippen molar-refractivity contribution in [3.63, 3.8) is 0 Å². The molecule has 41 heavy (non-hydrogen) atoms. The molecule has 0 atom stereocenters. The van der Waals surface area contributed by atoms with E-state index in [-0.39, 0.29) is 55.1 Å². The second kappa shape index (κ2) is 11.2. The molecule has 0 unspecified atom stereocenters. The number of halogens is 3. The molecule has 0 spiro atoms. The predicted octanol–water partition coefficient (Wildman–Crippen LogP) is 1.83. The van der Waals surface area contributed by atoms with Crippen LogP contribution in [0.4, 0.5) is 19.0 Å². The molecule has 0 bridgehead atoms. The van der Waals surface area contributed by atoms with Gasteiger partial charge in [-0.15, -0.1) is 0 Å². The second-order valence-electron chi connectivity index (χ2n) is 9.20. The van der Waals surface area contributed by atoms with Gasteiger partial charge in [0.2, 0.25) is 16.5 Å². The number of fused-ring (bicyclic) bond motifs is 1. The van der Waals surface area contributed by atoms with Crippen LogP contribution >= 0.6 is 11.5 Å². The smallest absolute Gasteiger partial charge is 0.418 e. The van der Waals surface area contributed by atoms with Crippen LogP contribution in [0, 0.1) is 12.8 Å². The van der Waals surface area contributed by atoms with Crippen molar-refractivity contribution in [3.8, 4) is 5.13 Å². The van der Waals surface area contributed by atoms with Gasteiger partial charge in [-0.05, 0) is 30.7 Å². The average Bonchev–Trinajstić information content (AvgIpc) is 3.44. The van der Waals surface area contributed by atoms with Crippen LogP contribution in [0.5, 0.6) is 0 Å². The second-order valence-corrected chi connectivity index (χ2v) is 9.96. The van der Waals surface area contributed by atoms with Crippen LogP contribution in [0.15, 0.2) is 41.7 Å². The van der Waals surface area contributed by atoms with Gasteiger partial charge in [0.1, 0.15) is 24.3 Å². The van der Waals surface area contributed by atoms with E-state index in [2.05, 4.69) is 24.6 Å². The molecule has 1 amide bonds. The fourth-order valence-electron chi connectivity index (χ4n) is 4.42. The summed E-state index contributed by atoms with van der Waals surface area (Å²) < 4.78 is 50.2. The minimum atomic E-state index is -4.58. The monoisotopic (exact) mass is 588 g/mol. The summed E-state index contributed by atoms with van der Waals surface area (Å²) in [6, 6.07) is 3.77. The number of rotatable bonds is 8. The molecule has 5 heterocycles. The number of carbonyl (C=O) groups excluding carboxylic acids is 2. The van der Waals surface area contributed by atoms with Crippen molar-refractivity contribution < 1.29 is 27.5 Å². The Balaban J connectivity index is 1.37. The van der Waals surface area contributed by atoms with E-state index >= 15 is 0 Å². The summed E-state index contributed by atoms with van der Waals surface area (Å²) in [5.41, 5.74) is 4.24. The Hall–Kier alpha value is -4.44. The third kappa shape index (κ3) is 5.60. The molecule has 214 valence electrons. The van der Waals surface area contributed by atoms with Crippen molar-refractivity contribution >= 4 is 40.3 Å². The number of nitrogens with zero attached hydrogens (tertiary/aromatic N) is 6. The lowest BCUT2D eigenvalue weighted by atomic mass is 9.98. The largest absolute Gasteiger partial charge is 0.461 e. The molecule has 4 aromatic heterocycles. The number of hydrogen-bond acceptors (Lipinski definition) is 11. The van der Waals surface area contributed by atoms with E-state index in [1.54, 1.807) is 17.9 Å². The number of anilines is 1. The first kappa shape index (κ1) is 28.1. The molecular weight excluding hydrogens is 565 g/mol. The zero-order chi connectivity index (χ0) is 29.3. The zero-order valence-corrected chi connectivity index (χ0v) is 22.3. The van der Waals surface area contributed by atoms with E-state index < -0.39 is 35.0 Å². The quantitative estimate of drug-likeness (QED) is 0.291. The summed E-state index contributed by atoms with van der Waals surface area (Å²) >= 11 is 1.03. The Morgan fingerprint density at radius 1 is 1.27 bits per heavy atom. The molecule has 0 saturated carbocycles. The Morgan fingerprint density at radius 2 is 2.05 bits per heavy atom. The van der Waals surface area contributed by atoms with Gasteiger partial charge in [0.05, 0.1) is 29.1 Å². The number of amides is 1. The number of nitrogens with two attached hydrogens (primary N) is 1. The van der Waals surface area contributed by atoms with Crippen LogP contribution in [0.3, 0.4) is 0 Å². The van der Waals surface area contributed by atoms with E-state index in [0.717, 1.165) is 17.6 Å². The van der Waals surface area contributed by atoms with Crippen molar-refractivity contribution in [2.75, 3.05) is 31.1 Å². The van der Waals surface area contributed by atoms with Gasteiger partial charge in [0.15, 0.2) is 5.65 Å². The van der Waals surface area contributed by atoms with Crippen LogP contribution < -0.4 is 21.4 Å². The van der Waals surface area contributed by atoms with Gasteiger partial charge in [-0.1, -0.05) is 0 Å². The number of aryl methyl sites for hydroxylation is 1. The Bertz CT molecular complexity index is 1670. The van der Waals surface area contributed by atoms with E-state index in [4.69, 9.17) is 10.5 Å². The van der Waals surface area contributed by atoms with Crippen LogP contribution in [0.2, 0.25) is 0 Å². The lowest BCUT2D eigenvalue weighted by Crippen LogP contribution is -2.54. The van der Waals surface area contributed by atoms with Gasteiger partial charge in [-0.2, -0.15) is 17.5 Å². The highest BCUT2D eigenvalue weighted by atomic mass is 32.1. The SMILES string of the molecule is Cc1cc(N2CC(C(=O)NCc3ncccc3C(F)(F)F)C2)nc2c1c(=O)c(C(=O)OCCN)cn2-c1ncns1. The maximum absolute atomic E-state index is 13.3. The number of esters is 1. The Kier molecular flexibility index (Phi) is 7.68. The third-order valence-electron chi connectivity index (χ3n) is 6.47. The van der Waals surface area contributed by atoms with Gasteiger partial charge in [-0.3, -0.25) is 19.1 Å². The summed E-state index contributed by atoms with van der Waals surface area (Å²) in [6.07, 6.45) is -0.709. The number of aromatic nitrogens is 5. The summed E-state index contributed by atoms with van der Waals surface area (Å²) in [7, 11) is 0. The molecule has 0 aliphatic carbocycles. The van der Waals surface area contributed by atoms with Crippen LogP contribution in [0.1, 0.15) is 27.2 Å². The standard InChI is InChI=1S/C25H23F3N8O4S/c1-13-7-18(35-9-14(10-35)22(38)31-8-17-16(25(26,27)28)3-2-5-30-17)34-21-19(13)20(37)15(23(39)40-6-4-29)11-36(21)24-32-12-33-41-24/h2-3,5,7,11-12,14H,4,6,8-10,29H2,1H3,(H,31,38). The highest BCUT2D eigenvalue weighted by Gasteiger charge is 2.36. The lowest BCUT2D eigenvalue weighted by molar-refractivity contribution is -0.139. The van der Waals surface area contributed by atoms with E-state index in [9.17, 15) is 27.6 Å². The first-order valence-corrected chi connectivity index (χ1v) is 13.1. The van der Waals surface area contributed by atoms with E-state index in [1.807, 2.05) is 0 Å². The summed E-state index contributed by atoms with van der Waals surface area (Å²) in [6.45, 7) is 1.89. The fourth-order valence-corrected chi connectivity index (χ4v) is 4.93. The molecule has 1 aliphatic heterocycles. The molecular formula is C25H23F3N8O4S. The third-order valence-corrected chi connectivity index (χ3v) is 7.14. The molecule has 1 fully saturated rings. The summed E-state index contributed by atoms with van der Waals surface area (Å²) in [5.74, 6) is -1.26. The minimum Gasteiger partial charge on any atom is -0.461 e.